The molecule has 4 aromatic heterocycles. The van der Waals surface area contributed by atoms with Gasteiger partial charge in [-0.25, -0.2) is 22.2 Å². The fourth-order valence-corrected chi connectivity index (χ4v) is 9.75. The Morgan fingerprint density at radius 2 is 1.81 bits per heavy atom. The van der Waals surface area contributed by atoms with Gasteiger partial charge in [0.25, 0.3) is 10.0 Å². The van der Waals surface area contributed by atoms with E-state index in [1.165, 1.54) is 34.7 Å². The van der Waals surface area contributed by atoms with Gasteiger partial charge in [-0.1, -0.05) is 42.5 Å². The van der Waals surface area contributed by atoms with Gasteiger partial charge in [0.2, 0.25) is 11.8 Å². The number of ether oxygens (including phenoxy) is 2. The normalized spacial score (nSPS) is 19.5. The van der Waals surface area contributed by atoms with E-state index in [9.17, 15) is 9.59 Å². The fraction of sp³-hybridized carbons (Fsp3) is 0.349. The number of rotatable bonds is 14. The molecule has 0 saturated heterocycles. The number of methoxy groups -OCH3 is 1. The summed E-state index contributed by atoms with van der Waals surface area (Å²) in [5, 5.41) is 8.04. The van der Waals surface area contributed by atoms with Crippen LogP contribution in [-0.2, 0) is 28.8 Å². The molecular formula is C43H47N7O6S. The first-order valence-corrected chi connectivity index (χ1v) is 20.5. The minimum absolute atomic E-state index is 0.000101. The van der Waals surface area contributed by atoms with Crippen LogP contribution in [-0.4, -0.2) is 61.5 Å². The van der Waals surface area contributed by atoms with Gasteiger partial charge in [-0.2, -0.15) is 0 Å². The van der Waals surface area contributed by atoms with Gasteiger partial charge < -0.3 is 14.8 Å². The molecule has 0 aliphatic heterocycles. The Morgan fingerprint density at radius 1 is 1.07 bits per heavy atom. The third kappa shape index (κ3) is 6.65. The second-order valence-corrected chi connectivity index (χ2v) is 16.7. The first-order chi connectivity index (χ1) is 28.7. The molecule has 14 heteroatoms. The molecule has 0 unspecified atom stereocenters. The Balaban J connectivity index is 1.46. The lowest BCUT2D eigenvalue weighted by atomic mass is 9.77. The summed E-state index contributed by atoms with van der Waals surface area (Å²) in [5.74, 6) is 0.707. The van der Waals surface area contributed by atoms with E-state index in [0.717, 1.165) is 21.4 Å². The van der Waals surface area contributed by atoms with Gasteiger partial charge in [0, 0.05) is 47.4 Å². The molecule has 2 aromatic carbocycles. The van der Waals surface area contributed by atoms with Crippen LogP contribution >= 0.6 is 0 Å². The van der Waals surface area contributed by atoms with Crippen LogP contribution in [0.25, 0.3) is 44.5 Å². The maximum Gasteiger partial charge on any atom is 0.329 e. The van der Waals surface area contributed by atoms with Crippen molar-refractivity contribution in [3.8, 4) is 34.0 Å². The summed E-state index contributed by atoms with van der Waals surface area (Å²) < 4.78 is 72.6. The van der Waals surface area contributed by atoms with Crippen molar-refractivity contribution in [3.05, 3.63) is 103 Å². The van der Waals surface area contributed by atoms with Gasteiger partial charge in [0.15, 0.2) is 5.65 Å². The Bertz CT molecular complexity index is 2790. The monoisotopic (exact) mass is 792 g/mol. The maximum absolute atomic E-state index is 15.1. The molecule has 13 nitrogen and oxygen atoms in total. The van der Waals surface area contributed by atoms with Crippen molar-refractivity contribution in [2.24, 2.45) is 19.9 Å². The Morgan fingerprint density at radius 3 is 2.46 bits per heavy atom. The van der Waals surface area contributed by atoms with Gasteiger partial charge in [-0.15, -0.1) is 18.3 Å². The van der Waals surface area contributed by atoms with Crippen molar-refractivity contribution in [1.82, 2.24) is 33.2 Å². The predicted octanol–water partition coefficient (Wildman–Crippen LogP) is 6.91. The number of hydrogen-bond acceptors (Lipinski definition) is 8. The molecule has 2 fully saturated rings. The van der Waals surface area contributed by atoms with E-state index in [4.69, 9.17) is 18.6 Å². The molecule has 57 heavy (non-hydrogen) atoms. The molecule has 0 radical (unpaired) electrons. The van der Waals surface area contributed by atoms with Gasteiger partial charge in [-0.3, -0.25) is 18.6 Å². The summed E-state index contributed by atoms with van der Waals surface area (Å²) in [6, 6.07) is 14.5. The van der Waals surface area contributed by atoms with E-state index in [-0.39, 0.29) is 50.4 Å². The maximum atomic E-state index is 15.1. The minimum atomic E-state index is -4.47. The van der Waals surface area contributed by atoms with Crippen LogP contribution in [0.3, 0.4) is 0 Å². The van der Waals surface area contributed by atoms with Crippen LogP contribution in [0.1, 0.15) is 61.5 Å². The summed E-state index contributed by atoms with van der Waals surface area (Å²) in [5.41, 5.74) is 0.210. The summed E-state index contributed by atoms with van der Waals surface area (Å²) in [6.07, 6.45) is 11.2. The van der Waals surface area contributed by atoms with E-state index in [1.54, 1.807) is 67.9 Å². The number of imidazole rings is 1. The molecule has 1 N–H and O–H groups in total. The number of aromatic nitrogens is 6. The molecule has 8 rings (SSSR count). The second kappa shape index (κ2) is 14.9. The highest BCUT2D eigenvalue weighted by Gasteiger charge is 2.41. The summed E-state index contributed by atoms with van der Waals surface area (Å²) in [7, 11) is -1.35. The number of aryl methyl sites for hydroxylation is 2. The van der Waals surface area contributed by atoms with E-state index in [1.807, 2.05) is 0 Å². The van der Waals surface area contributed by atoms with Gasteiger partial charge in [-0.05, 0) is 81.2 Å². The fourth-order valence-electron chi connectivity index (χ4n) is 8.24. The molecule has 2 aliphatic carbocycles. The lowest BCUT2D eigenvalue weighted by Crippen LogP contribution is -2.51. The molecule has 0 atom stereocenters. The standard InChI is InChI=1S/C43H47N7O6S/c1-6-8-25-56-31-18-16-28(17-19-31)35-36-38-34(48(4)42(52)49(38)30-20-23-43(22-7-2,24-21-30)45-40(51)29-14-15-29)26-44-39(36)50(57(53,54)32-12-10-9-11-13-32)37(35)33-27-47(3)46-41(33)55-5/h6-7,9-13,16-19,26-27,29-30H,1-2,8,14-15,20-25H2,3-5H3,(H,45,51)/i4D3. The van der Waals surface area contributed by atoms with Crippen molar-refractivity contribution in [1.29, 1.82) is 0 Å². The molecule has 6 aromatic rings. The van der Waals surface area contributed by atoms with Crippen molar-refractivity contribution in [2.45, 2.75) is 67.8 Å². The van der Waals surface area contributed by atoms with Crippen LogP contribution in [0.2, 0.25) is 0 Å². The van der Waals surface area contributed by atoms with E-state index in [2.05, 4.69) is 23.6 Å². The third-order valence-corrected chi connectivity index (χ3v) is 12.9. The number of carbonyl (C=O) groups excluding carboxylic acids is 1. The highest BCUT2D eigenvalue weighted by molar-refractivity contribution is 7.90. The summed E-state index contributed by atoms with van der Waals surface area (Å²) in [4.78, 5) is 32.6. The number of nitrogens with one attached hydrogen (secondary N) is 1. The van der Waals surface area contributed by atoms with E-state index >= 15 is 8.42 Å². The van der Waals surface area contributed by atoms with Crippen molar-refractivity contribution >= 4 is 38.0 Å². The van der Waals surface area contributed by atoms with E-state index in [0.29, 0.717) is 67.6 Å². The molecule has 0 spiro atoms. The zero-order valence-electron chi connectivity index (χ0n) is 35.0. The summed E-state index contributed by atoms with van der Waals surface area (Å²) >= 11 is 0. The number of benzene rings is 2. The van der Waals surface area contributed by atoms with Crippen LogP contribution in [0.4, 0.5) is 0 Å². The van der Waals surface area contributed by atoms with Crippen molar-refractivity contribution in [2.75, 3.05) is 13.7 Å². The molecule has 2 aliphatic rings. The molecule has 1 amide bonds. The zero-order chi connectivity index (χ0) is 42.6. The highest BCUT2D eigenvalue weighted by Crippen LogP contribution is 2.48. The highest BCUT2D eigenvalue weighted by atomic mass is 32.2. The first kappa shape index (κ1) is 34.4. The van der Waals surface area contributed by atoms with Gasteiger partial charge >= 0.3 is 5.69 Å². The smallest absolute Gasteiger partial charge is 0.329 e. The van der Waals surface area contributed by atoms with Crippen LogP contribution in [0, 0.1) is 5.92 Å². The van der Waals surface area contributed by atoms with Crippen LogP contribution in [0.15, 0.2) is 102 Å². The Hall–Kier alpha value is -5.89. The Kier molecular flexibility index (Phi) is 8.97. The van der Waals surface area contributed by atoms with Crippen LogP contribution < -0.4 is 20.5 Å². The molecule has 2 saturated carbocycles. The summed E-state index contributed by atoms with van der Waals surface area (Å²) in [6.45, 7) is 5.20. The Labute approximate surface area is 335 Å². The minimum Gasteiger partial charge on any atom is -0.493 e. The molecular weight excluding hydrogens is 743 g/mol. The van der Waals surface area contributed by atoms with Gasteiger partial charge in [0.05, 0.1) is 52.5 Å². The lowest BCUT2D eigenvalue weighted by molar-refractivity contribution is -0.124. The number of carbonyl (C=O) groups is 1. The quantitative estimate of drug-likeness (QED) is 0.0926. The number of fused-ring (bicyclic) bond motifs is 3. The van der Waals surface area contributed by atoms with Crippen molar-refractivity contribution in [3.63, 3.8) is 0 Å². The average molecular weight is 793 g/mol. The van der Waals surface area contributed by atoms with Crippen molar-refractivity contribution < 1.29 is 26.8 Å². The molecule has 0 bridgehead atoms. The largest absolute Gasteiger partial charge is 0.493 e. The lowest BCUT2D eigenvalue weighted by Gasteiger charge is -2.41. The SMILES string of the molecule is [2H]C([2H])([2H])n1c(=O)n(C2CCC(CC=C)(NC(=O)C3CC3)CC2)c2c3c(-c4ccc(OCCC=C)cc4)c(-c4cn(C)nc4OC)n(S(=O)(=O)c4ccccc4)c3ncc21. The third-order valence-electron chi connectivity index (χ3n) is 11.2. The molecule has 4 heterocycles. The predicted molar refractivity (Wildman–Crippen MR) is 220 cm³/mol. The molecule has 296 valence electrons. The van der Waals surface area contributed by atoms with Gasteiger partial charge in [0.1, 0.15) is 5.75 Å². The zero-order valence-corrected chi connectivity index (χ0v) is 32.8. The van der Waals surface area contributed by atoms with Crippen LogP contribution in [0.5, 0.6) is 11.6 Å². The number of hydrogen-bond donors (Lipinski definition) is 1. The number of nitrogens with zero attached hydrogens (tertiary/aromatic N) is 6. The average Bonchev–Trinajstić information content (AvgIpc) is 3.83. The topological polar surface area (TPSA) is 144 Å². The van der Waals surface area contributed by atoms with E-state index < -0.39 is 34.3 Å². The number of pyridine rings is 1. The second-order valence-electron chi connectivity index (χ2n) is 14.9. The number of amides is 1. The first-order valence-electron chi connectivity index (χ1n) is 20.6.